The average Bonchev–Trinajstić information content (AvgIpc) is 2.79. The van der Waals surface area contributed by atoms with Gasteiger partial charge in [-0.2, -0.15) is 22.0 Å². The molecule has 0 aromatic carbocycles. The summed E-state index contributed by atoms with van der Waals surface area (Å²) in [5, 5.41) is 0. The van der Waals surface area contributed by atoms with Crippen LogP contribution in [0.1, 0.15) is 49.7 Å². The highest BCUT2D eigenvalue weighted by molar-refractivity contribution is 5.20. The van der Waals surface area contributed by atoms with Crippen LogP contribution in [0.3, 0.4) is 0 Å². The Balaban J connectivity index is 1.62. The van der Waals surface area contributed by atoms with E-state index >= 15 is 0 Å². The van der Waals surface area contributed by atoms with Gasteiger partial charge < -0.3 is 9.47 Å². The molecule has 0 aliphatic heterocycles. The number of aromatic nitrogens is 5. The predicted octanol–water partition coefficient (Wildman–Crippen LogP) is 5.18. The molecule has 3 heterocycles. The standard InChI is InChI=1S/C21H20F5N5O2/c1-2-3-4-5-6-14-7-8-17(27-9-14)20(23,24)32-15-10-28-18(29-11-15)21(25,26)33-16-12-30-19(22)31-13-16/h7-13H,2-6H2,1H3. The molecule has 0 radical (unpaired) electrons. The first-order valence-electron chi connectivity index (χ1n) is 10.1. The molecule has 0 amide bonds. The van der Waals surface area contributed by atoms with Crippen molar-refractivity contribution in [2.45, 2.75) is 51.2 Å². The fraction of sp³-hybridized carbons (Fsp3) is 0.381. The van der Waals surface area contributed by atoms with Crippen LogP contribution in [-0.2, 0) is 18.6 Å². The van der Waals surface area contributed by atoms with Crippen LogP contribution in [0.4, 0.5) is 22.0 Å². The zero-order valence-electron chi connectivity index (χ0n) is 17.5. The Labute approximate surface area is 186 Å². The quantitative estimate of drug-likeness (QED) is 0.217. The maximum Gasteiger partial charge on any atom is 0.462 e. The smallest absolute Gasteiger partial charge is 0.424 e. The van der Waals surface area contributed by atoms with Gasteiger partial charge in [0.2, 0.25) is 5.82 Å². The molecule has 0 unspecified atom stereocenters. The van der Waals surface area contributed by atoms with Gasteiger partial charge in [-0.1, -0.05) is 32.3 Å². The van der Waals surface area contributed by atoms with E-state index in [1.807, 2.05) is 0 Å². The van der Waals surface area contributed by atoms with Crippen LogP contribution in [0.25, 0.3) is 0 Å². The van der Waals surface area contributed by atoms with Crippen molar-refractivity contribution in [1.29, 1.82) is 0 Å². The molecule has 3 rings (SSSR count). The van der Waals surface area contributed by atoms with Gasteiger partial charge in [0.15, 0.2) is 17.2 Å². The lowest BCUT2D eigenvalue weighted by atomic mass is 10.1. The zero-order chi connectivity index (χ0) is 23.9. The molecule has 12 heteroatoms. The largest absolute Gasteiger partial charge is 0.462 e. The van der Waals surface area contributed by atoms with Gasteiger partial charge in [-0.3, -0.25) is 4.98 Å². The number of ether oxygens (including phenoxy) is 2. The summed E-state index contributed by atoms with van der Waals surface area (Å²) in [5.41, 5.74) is 0.181. The van der Waals surface area contributed by atoms with E-state index in [2.05, 4.69) is 41.3 Å². The second-order valence-electron chi connectivity index (χ2n) is 7.03. The molecule has 0 bridgehead atoms. The maximum absolute atomic E-state index is 14.4. The van der Waals surface area contributed by atoms with E-state index in [0.29, 0.717) is 24.8 Å². The Morgan fingerprint density at radius 2 is 1.33 bits per heavy atom. The summed E-state index contributed by atoms with van der Waals surface area (Å²) in [4.78, 5) is 16.6. The van der Waals surface area contributed by atoms with Crippen LogP contribution in [0, 0.1) is 6.08 Å². The molecular formula is C21H20F5N5O2. The predicted molar refractivity (Wildman–Crippen MR) is 105 cm³/mol. The molecule has 0 atom stereocenters. The monoisotopic (exact) mass is 469 g/mol. The SMILES string of the molecule is CCCCCCc1ccc(C(F)(F)Oc2cnc(C(F)(F)Oc3cnc(F)nc3)nc2)nc1. The molecule has 7 nitrogen and oxygen atoms in total. The Kier molecular flexibility index (Phi) is 7.67. The zero-order valence-corrected chi connectivity index (χ0v) is 17.5. The molecule has 0 spiro atoms. The van der Waals surface area contributed by atoms with Crippen molar-refractivity contribution < 1.29 is 31.4 Å². The van der Waals surface area contributed by atoms with Crippen LogP contribution in [0.5, 0.6) is 11.5 Å². The molecule has 0 aliphatic carbocycles. The molecule has 3 aromatic heterocycles. The number of unbranched alkanes of at least 4 members (excludes halogenated alkanes) is 3. The Bertz CT molecular complexity index is 1020. The molecule has 0 fully saturated rings. The number of rotatable bonds is 11. The summed E-state index contributed by atoms with van der Waals surface area (Å²) >= 11 is 0. The van der Waals surface area contributed by atoms with Crippen molar-refractivity contribution in [3.63, 3.8) is 0 Å². The summed E-state index contributed by atoms with van der Waals surface area (Å²) in [7, 11) is 0. The number of nitrogens with zero attached hydrogens (tertiary/aromatic N) is 5. The molecule has 0 saturated carbocycles. The van der Waals surface area contributed by atoms with Gasteiger partial charge in [-0.25, -0.2) is 19.9 Å². The Morgan fingerprint density at radius 3 is 1.91 bits per heavy atom. The molecule has 0 N–H and O–H groups in total. The van der Waals surface area contributed by atoms with Crippen molar-refractivity contribution >= 4 is 0 Å². The summed E-state index contributed by atoms with van der Waals surface area (Å²) in [6.07, 6.45) is -0.0551. The highest BCUT2D eigenvalue weighted by atomic mass is 19.3. The number of aryl methyl sites for hydroxylation is 1. The molecular weight excluding hydrogens is 449 g/mol. The molecule has 176 valence electrons. The topological polar surface area (TPSA) is 82.9 Å². The first-order valence-corrected chi connectivity index (χ1v) is 10.1. The van der Waals surface area contributed by atoms with Crippen LogP contribution in [-0.4, -0.2) is 24.9 Å². The minimum absolute atomic E-state index is 0.545. The number of halogens is 5. The first-order chi connectivity index (χ1) is 15.7. The van der Waals surface area contributed by atoms with E-state index in [1.165, 1.54) is 6.20 Å². The van der Waals surface area contributed by atoms with E-state index in [0.717, 1.165) is 43.7 Å². The third-order valence-electron chi connectivity index (χ3n) is 4.42. The van der Waals surface area contributed by atoms with Crippen molar-refractivity contribution in [1.82, 2.24) is 24.9 Å². The van der Waals surface area contributed by atoms with Gasteiger partial charge in [0.25, 0.3) is 0 Å². The lowest BCUT2D eigenvalue weighted by Gasteiger charge is -2.18. The number of hydrogen-bond donors (Lipinski definition) is 0. The van der Waals surface area contributed by atoms with Gasteiger partial charge in [0, 0.05) is 6.20 Å². The van der Waals surface area contributed by atoms with Crippen LogP contribution in [0.15, 0.2) is 43.1 Å². The molecule has 3 aromatic rings. The van der Waals surface area contributed by atoms with E-state index in [9.17, 15) is 22.0 Å². The number of alkyl halides is 4. The van der Waals surface area contributed by atoms with Crippen molar-refractivity contribution in [2.24, 2.45) is 0 Å². The normalized spacial score (nSPS) is 11.9. The summed E-state index contributed by atoms with van der Waals surface area (Å²) in [6, 6.07) is 2.69. The molecule has 0 aliphatic rings. The summed E-state index contributed by atoms with van der Waals surface area (Å²) in [5.74, 6) is -2.24. The van der Waals surface area contributed by atoms with E-state index < -0.39 is 41.3 Å². The third-order valence-corrected chi connectivity index (χ3v) is 4.42. The third kappa shape index (κ3) is 6.77. The van der Waals surface area contributed by atoms with E-state index in [4.69, 9.17) is 0 Å². The molecule has 0 saturated heterocycles. The number of pyridine rings is 1. The van der Waals surface area contributed by atoms with E-state index in [-0.39, 0.29) is 0 Å². The maximum atomic E-state index is 14.4. The molecule has 33 heavy (non-hydrogen) atoms. The van der Waals surface area contributed by atoms with Gasteiger partial charge in [0.1, 0.15) is 0 Å². The van der Waals surface area contributed by atoms with Gasteiger partial charge in [0.05, 0.1) is 24.8 Å². The van der Waals surface area contributed by atoms with Gasteiger partial charge in [-0.05, 0) is 24.5 Å². The lowest BCUT2D eigenvalue weighted by molar-refractivity contribution is -0.193. The lowest BCUT2D eigenvalue weighted by Crippen LogP contribution is -2.26. The second-order valence-corrected chi connectivity index (χ2v) is 7.03. The summed E-state index contributed by atoms with van der Waals surface area (Å²) < 4.78 is 78.7. The van der Waals surface area contributed by atoms with Gasteiger partial charge >= 0.3 is 18.3 Å². The highest BCUT2D eigenvalue weighted by Crippen LogP contribution is 2.32. The Morgan fingerprint density at radius 1 is 0.727 bits per heavy atom. The van der Waals surface area contributed by atoms with Gasteiger partial charge in [-0.15, -0.1) is 0 Å². The first kappa shape index (κ1) is 24.2. The minimum atomic E-state index is -4.06. The Hall–Kier alpha value is -3.44. The van der Waals surface area contributed by atoms with Crippen molar-refractivity contribution in [3.8, 4) is 11.5 Å². The van der Waals surface area contributed by atoms with Crippen molar-refractivity contribution in [2.75, 3.05) is 0 Å². The minimum Gasteiger partial charge on any atom is -0.424 e. The van der Waals surface area contributed by atoms with Crippen LogP contribution >= 0.6 is 0 Å². The van der Waals surface area contributed by atoms with Crippen molar-refractivity contribution in [3.05, 3.63) is 66.3 Å². The fourth-order valence-corrected chi connectivity index (χ4v) is 2.77. The number of hydrogen-bond acceptors (Lipinski definition) is 7. The summed E-state index contributed by atoms with van der Waals surface area (Å²) in [6.45, 7) is 2.10. The van der Waals surface area contributed by atoms with Crippen LogP contribution in [0.2, 0.25) is 0 Å². The van der Waals surface area contributed by atoms with Crippen LogP contribution < -0.4 is 9.47 Å². The average molecular weight is 469 g/mol. The second kappa shape index (κ2) is 10.5. The fourth-order valence-electron chi connectivity index (χ4n) is 2.77. The highest BCUT2D eigenvalue weighted by Gasteiger charge is 2.40. The van der Waals surface area contributed by atoms with E-state index in [1.54, 1.807) is 6.07 Å².